The van der Waals surface area contributed by atoms with E-state index in [1.165, 1.54) is 0 Å². The molecule has 0 spiro atoms. The smallest absolute Gasteiger partial charge is 0.337 e. The zero-order chi connectivity index (χ0) is 35.6. The van der Waals surface area contributed by atoms with Crippen molar-refractivity contribution in [1.82, 2.24) is 18.9 Å². The minimum atomic E-state index is -1.04. The summed E-state index contributed by atoms with van der Waals surface area (Å²) in [4.78, 5) is 29.1. The summed E-state index contributed by atoms with van der Waals surface area (Å²) in [5, 5.41) is 17.9. The molecule has 1 amide bonds. The van der Waals surface area contributed by atoms with Crippen molar-refractivity contribution >= 4 is 62.6 Å². The fourth-order valence-corrected chi connectivity index (χ4v) is 7.98. The first kappa shape index (κ1) is 33.8. The van der Waals surface area contributed by atoms with Crippen LogP contribution in [0.3, 0.4) is 0 Å². The number of carboxylic acids is 1. The summed E-state index contributed by atoms with van der Waals surface area (Å²) in [6, 6.07) is 13.2. The van der Waals surface area contributed by atoms with Crippen LogP contribution < -0.4 is 9.64 Å². The molecule has 6 aromatic rings. The second kappa shape index (κ2) is 12.9. The lowest BCUT2D eigenvalue weighted by Gasteiger charge is -2.22. The monoisotopic (exact) mass is 711 g/mol. The van der Waals surface area contributed by atoms with Gasteiger partial charge in [0.05, 0.1) is 33.9 Å². The van der Waals surface area contributed by atoms with Crippen molar-refractivity contribution in [3.05, 3.63) is 98.0 Å². The molecule has 1 N–H and O–H groups in total. The summed E-state index contributed by atoms with van der Waals surface area (Å²) < 4.78 is 12.0. The fourth-order valence-electron chi connectivity index (χ4n) is 7.63. The van der Waals surface area contributed by atoms with Crippen LogP contribution in [0.1, 0.15) is 61.8 Å². The maximum Gasteiger partial charge on any atom is 0.337 e. The van der Waals surface area contributed by atoms with Gasteiger partial charge in [0.1, 0.15) is 11.4 Å². The highest BCUT2D eigenvalue weighted by Crippen LogP contribution is 2.43. The van der Waals surface area contributed by atoms with E-state index in [0.29, 0.717) is 60.9 Å². The summed E-state index contributed by atoms with van der Waals surface area (Å²) in [6.45, 7) is 9.39. The molecule has 0 radical (unpaired) electrons. The Balaban J connectivity index is 1.37. The number of halogens is 2. The highest BCUT2D eigenvalue weighted by atomic mass is 35.5. The molecular weight excluding hydrogens is 673 g/mol. The van der Waals surface area contributed by atoms with E-state index in [0.717, 1.165) is 66.3 Å². The number of aromatic carboxylic acids is 1. The third-order valence-electron chi connectivity index (χ3n) is 9.99. The van der Waals surface area contributed by atoms with Gasteiger partial charge in [-0.2, -0.15) is 5.10 Å². The summed E-state index contributed by atoms with van der Waals surface area (Å²) in [7, 11) is 3.74. The van der Waals surface area contributed by atoms with E-state index in [9.17, 15) is 14.7 Å². The largest absolute Gasteiger partial charge is 0.494 e. The van der Waals surface area contributed by atoms with Gasteiger partial charge in [-0.15, -0.1) is 0 Å². The number of carboxylic acid groups (broad SMARTS) is 1. The molecule has 0 bridgehead atoms. The van der Waals surface area contributed by atoms with E-state index in [1.807, 2.05) is 89.1 Å². The predicted molar refractivity (Wildman–Crippen MR) is 200 cm³/mol. The number of carbonyl (C=O) groups is 2. The van der Waals surface area contributed by atoms with Crippen LogP contribution in [0.4, 0.5) is 5.69 Å². The van der Waals surface area contributed by atoms with Crippen molar-refractivity contribution in [3.8, 4) is 16.9 Å². The van der Waals surface area contributed by atoms with Gasteiger partial charge in [0.15, 0.2) is 0 Å². The minimum Gasteiger partial charge on any atom is -0.494 e. The first-order valence-corrected chi connectivity index (χ1v) is 17.5. The molecule has 0 atom stereocenters. The number of hydrogen-bond donors (Lipinski definition) is 1. The van der Waals surface area contributed by atoms with Crippen molar-refractivity contribution < 1.29 is 19.4 Å². The zero-order valence-electron chi connectivity index (χ0n) is 29.0. The molecule has 1 aliphatic heterocycles. The van der Waals surface area contributed by atoms with Gasteiger partial charge in [0.25, 0.3) is 5.91 Å². The van der Waals surface area contributed by atoms with E-state index < -0.39 is 5.97 Å². The van der Waals surface area contributed by atoms with E-state index in [2.05, 4.69) is 4.57 Å². The first-order valence-electron chi connectivity index (χ1n) is 16.7. The average molecular weight is 713 g/mol. The molecular formula is C39H39Cl2N5O4. The number of aryl methyl sites for hydroxylation is 7. The number of carbonyl (C=O) groups excluding carboxylic acids is 1. The molecule has 0 fully saturated rings. The molecule has 9 nitrogen and oxygen atoms in total. The van der Waals surface area contributed by atoms with Crippen LogP contribution in [0, 0.1) is 27.7 Å². The van der Waals surface area contributed by atoms with Crippen LogP contribution >= 0.6 is 23.2 Å². The van der Waals surface area contributed by atoms with Gasteiger partial charge in [-0.05, 0) is 100 Å². The summed E-state index contributed by atoms with van der Waals surface area (Å²) >= 11 is 13.4. The van der Waals surface area contributed by atoms with Crippen LogP contribution in [0.15, 0.2) is 48.7 Å². The zero-order valence-corrected chi connectivity index (χ0v) is 30.5. The van der Waals surface area contributed by atoms with Gasteiger partial charge in [0, 0.05) is 71.7 Å². The number of anilines is 1. The topological polar surface area (TPSA) is 94.5 Å². The quantitative estimate of drug-likeness (QED) is 0.159. The molecule has 0 saturated heterocycles. The van der Waals surface area contributed by atoms with Crippen LogP contribution in [-0.2, 0) is 27.1 Å². The van der Waals surface area contributed by atoms with Gasteiger partial charge < -0.3 is 23.9 Å². The molecule has 3 aromatic carbocycles. The molecule has 1 aliphatic rings. The number of ether oxygens (including phenoxy) is 1. The molecule has 258 valence electrons. The summed E-state index contributed by atoms with van der Waals surface area (Å²) in [5.74, 6) is -0.454. The predicted octanol–water partition coefficient (Wildman–Crippen LogP) is 8.83. The Labute approximate surface area is 300 Å². The van der Waals surface area contributed by atoms with Crippen LogP contribution in [-0.4, -0.2) is 49.0 Å². The van der Waals surface area contributed by atoms with E-state index in [-0.39, 0.29) is 11.5 Å². The van der Waals surface area contributed by atoms with Crippen LogP contribution in [0.2, 0.25) is 10.0 Å². The second-order valence-electron chi connectivity index (χ2n) is 13.3. The van der Waals surface area contributed by atoms with E-state index >= 15 is 0 Å². The lowest BCUT2D eigenvalue weighted by Crippen LogP contribution is -2.32. The molecule has 3 aromatic heterocycles. The number of aromatic nitrogens is 4. The second-order valence-corrected chi connectivity index (χ2v) is 14.0. The van der Waals surface area contributed by atoms with Crippen molar-refractivity contribution in [1.29, 1.82) is 0 Å². The third kappa shape index (κ3) is 5.53. The normalized spacial score (nSPS) is 13.4. The number of hydrogen-bond acceptors (Lipinski definition) is 4. The Kier molecular flexibility index (Phi) is 8.68. The molecule has 7 rings (SSSR count). The molecule has 11 heteroatoms. The van der Waals surface area contributed by atoms with Gasteiger partial charge >= 0.3 is 5.97 Å². The summed E-state index contributed by atoms with van der Waals surface area (Å²) in [5.41, 5.74) is 9.33. The fraction of sp³-hybridized carbons (Fsp3) is 0.308. The average Bonchev–Trinajstić information content (AvgIpc) is 3.64. The number of fused-ring (bicyclic) bond motifs is 4. The number of rotatable bonds is 8. The molecule has 0 aliphatic carbocycles. The van der Waals surface area contributed by atoms with Gasteiger partial charge in [0.2, 0.25) is 0 Å². The Morgan fingerprint density at radius 2 is 1.70 bits per heavy atom. The van der Waals surface area contributed by atoms with Crippen molar-refractivity contribution in [2.24, 2.45) is 14.1 Å². The van der Waals surface area contributed by atoms with Gasteiger partial charge in [-0.3, -0.25) is 9.48 Å². The SMILES string of the molecule is Cc1cc(OCCCc2c3n(c4c(-c5c(C)nn(C)c5C)c(Cl)ccc24)CCCN(c2cc(C(=O)O)c4c(ccn4C)c2)C3=O)cc(C)c1Cl. The summed E-state index contributed by atoms with van der Waals surface area (Å²) in [6.07, 6.45) is 3.73. The number of benzene rings is 3. The Bertz CT molecular complexity index is 2340. The number of amides is 1. The van der Waals surface area contributed by atoms with Crippen LogP contribution in [0.5, 0.6) is 5.75 Å². The number of nitrogens with zero attached hydrogens (tertiary/aromatic N) is 5. The molecule has 0 saturated carbocycles. The first-order chi connectivity index (χ1) is 23.9. The molecule has 50 heavy (non-hydrogen) atoms. The van der Waals surface area contributed by atoms with Crippen molar-refractivity contribution in [2.45, 2.75) is 53.5 Å². The lowest BCUT2D eigenvalue weighted by atomic mass is 9.98. The van der Waals surface area contributed by atoms with E-state index in [1.54, 1.807) is 15.5 Å². The molecule has 0 unspecified atom stereocenters. The maximum absolute atomic E-state index is 14.9. The lowest BCUT2D eigenvalue weighted by molar-refractivity contribution is 0.0698. The highest BCUT2D eigenvalue weighted by molar-refractivity contribution is 6.35. The standard InChI is InChI=1S/C39H39Cl2N5O4/c1-21-17-27(18-22(2)34(21)41)50-16-7-9-28-29-10-11-31(40)33(32-23(3)42-44(6)24(32)4)36(29)46-14-8-13-45(38(47)37(28)46)26-19-25-12-15-43(5)35(25)30(20-26)39(48)49/h10-12,15,17-20H,7-9,13-14,16H2,1-6H3,(H,48,49). The van der Waals surface area contributed by atoms with Crippen molar-refractivity contribution in [3.63, 3.8) is 0 Å². The highest BCUT2D eigenvalue weighted by Gasteiger charge is 2.33. The van der Waals surface area contributed by atoms with Crippen molar-refractivity contribution in [2.75, 3.05) is 18.1 Å². The maximum atomic E-state index is 14.9. The third-order valence-corrected chi connectivity index (χ3v) is 10.9. The Morgan fingerprint density at radius 1 is 0.960 bits per heavy atom. The van der Waals surface area contributed by atoms with Gasteiger partial charge in [-0.25, -0.2) is 4.79 Å². The molecule has 4 heterocycles. The Hall–Kier alpha value is -4.73. The van der Waals surface area contributed by atoms with Crippen LogP contribution in [0.25, 0.3) is 32.9 Å². The van der Waals surface area contributed by atoms with Gasteiger partial charge in [-0.1, -0.05) is 29.3 Å². The van der Waals surface area contributed by atoms with E-state index in [4.69, 9.17) is 33.0 Å². The minimum absolute atomic E-state index is 0.157. The Morgan fingerprint density at radius 3 is 2.38 bits per heavy atom.